The summed E-state index contributed by atoms with van der Waals surface area (Å²) in [6, 6.07) is 15.8. The van der Waals surface area contributed by atoms with Gasteiger partial charge in [0.05, 0.1) is 5.41 Å². The first-order chi connectivity index (χ1) is 16.3. The average molecular weight is 493 g/mol. The molecule has 1 spiro atoms. The maximum atomic E-state index is 14.3. The van der Waals surface area contributed by atoms with Gasteiger partial charge in [-0.2, -0.15) is 0 Å². The highest BCUT2D eigenvalue weighted by Gasteiger charge is 2.83. The maximum absolute atomic E-state index is 14.3. The number of H-pyrrole nitrogens is 1. The molecule has 3 aromatic rings. The highest BCUT2D eigenvalue weighted by Crippen LogP contribution is 2.71. The molecule has 5 aliphatic rings. The number of hydrogen-bond acceptors (Lipinski definition) is 6. The van der Waals surface area contributed by atoms with Crippen LogP contribution in [0, 0.1) is 5.92 Å². The summed E-state index contributed by atoms with van der Waals surface area (Å²) in [5.74, 6) is -0.446. The van der Waals surface area contributed by atoms with Gasteiger partial charge in [-0.05, 0) is 40.0 Å². The van der Waals surface area contributed by atoms with Gasteiger partial charge >= 0.3 is 0 Å². The third kappa shape index (κ3) is 1.91. The number of fused-ring (bicyclic) bond motifs is 6. The smallest absolute Gasteiger partial charge is 0.264 e. The zero-order chi connectivity index (χ0) is 23.6. The number of aromatic amines is 1. The lowest BCUT2D eigenvalue weighted by molar-refractivity contribution is -0.169. The minimum absolute atomic E-state index is 0.103. The third-order valence-corrected chi connectivity index (χ3v) is 12.1. The molecule has 34 heavy (non-hydrogen) atoms. The van der Waals surface area contributed by atoms with Crippen molar-refractivity contribution in [3.63, 3.8) is 0 Å². The van der Waals surface area contributed by atoms with Gasteiger partial charge in [-0.3, -0.25) is 14.5 Å². The van der Waals surface area contributed by atoms with Crippen LogP contribution in [0.5, 0.6) is 0 Å². The lowest BCUT2D eigenvalue weighted by Gasteiger charge is -2.60. The second-order valence-corrected chi connectivity index (χ2v) is 12.4. The summed E-state index contributed by atoms with van der Waals surface area (Å²) in [6.07, 6.45) is 0.166. The molecule has 2 amide bonds. The van der Waals surface area contributed by atoms with Gasteiger partial charge in [0.1, 0.15) is 12.3 Å². The zero-order valence-electron chi connectivity index (χ0n) is 18.9. The average Bonchev–Trinajstić information content (AvgIpc) is 3.46. The van der Waals surface area contributed by atoms with Crippen molar-refractivity contribution in [1.82, 2.24) is 14.8 Å². The summed E-state index contributed by atoms with van der Waals surface area (Å²) >= 11 is 0. The molecule has 4 fully saturated rings. The van der Waals surface area contributed by atoms with Crippen molar-refractivity contribution >= 4 is 50.0 Å². The van der Waals surface area contributed by atoms with Crippen LogP contribution in [0.3, 0.4) is 0 Å². The number of piperazine rings is 1. The van der Waals surface area contributed by atoms with Crippen molar-refractivity contribution in [3.8, 4) is 0 Å². The second kappa shape index (κ2) is 6.33. The van der Waals surface area contributed by atoms with Crippen molar-refractivity contribution in [2.45, 2.75) is 41.3 Å². The van der Waals surface area contributed by atoms with E-state index in [1.807, 2.05) is 68.6 Å². The predicted octanol–water partition coefficient (Wildman–Crippen LogP) is 3.32. The van der Waals surface area contributed by atoms with Gasteiger partial charge in [-0.25, -0.2) is 0 Å². The van der Waals surface area contributed by atoms with Gasteiger partial charge in [0.25, 0.3) is 11.8 Å². The van der Waals surface area contributed by atoms with Crippen LogP contribution in [0.15, 0.2) is 54.7 Å². The molecule has 0 aliphatic carbocycles. The molecule has 6 heterocycles. The number of likely N-dealkylation sites (N-methyl/N-ethyl adjacent to an activating group) is 1. The summed E-state index contributed by atoms with van der Waals surface area (Å²) in [4.78, 5) is 32.6. The number of aliphatic hydroxyl groups is 1. The van der Waals surface area contributed by atoms with Crippen LogP contribution >= 0.6 is 21.6 Å². The Labute approximate surface area is 204 Å². The Hall–Kier alpha value is -2.62. The van der Waals surface area contributed by atoms with Crippen LogP contribution in [0.25, 0.3) is 10.9 Å². The van der Waals surface area contributed by atoms with Gasteiger partial charge in [-0.15, -0.1) is 0 Å². The molecule has 1 aromatic heterocycles. The molecule has 5 aliphatic heterocycles. The molecular formula is C25H24N4O3S2. The van der Waals surface area contributed by atoms with Crippen LogP contribution in [0.4, 0.5) is 5.69 Å². The topological polar surface area (TPSA) is 88.7 Å². The minimum Gasteiger partial charge on any atom is -0.388 e. The fraction of sp³-hybridized carbons (Fsp3) is 0.360. The Bertz CT molecular complexity index is 1410. The lowest BCUT2D eigenvalue weighted by Crippen LogP contribution is -2.79. The van der Waals surface area contributed by atoms with Crippen molar-refractivity contribution in [1.29, 1.82) is 0 Å². The first kappa shape index (κ1) is 20.7. The molecular weight excluding hydrogens is 468 g/mol. The van der Waals surface area contributed by atoms with Crippen LogP contribution in [-0.2, 0) is 15.0 Å². The van der Waals surface area contributed by atoms with Crippen LogP contribution in [0.1, 0.15) is 25.0 Å². The van der Waals surface area contributed by atoms with Crippen molar-refractivity contribution < 1.29 is 14.7 Å². The normalized spacial score (nSPS) is 35.7. The Morgan fingerprint density at radius 1 is 1.00 bits per heavy atom. The monoisotopic (exact) mass is 492 g/mol. The molecule has 2 aromatic carbocycles. The molecule has 7 nitrogen and oxygen atoms in total. The number of carbonyl (C=O) groups excluding carboxylic acids is 2. The molecule has 0 saturated carbocycles. The number of para-hydroxylation sites is 2. The Balaban J connectivity index is 1.57. The van der Waals surface area contributed by atoms with Crippen molar-refractivity contribution in [2.75, 3.05) is 12.4 Å². The van der Waals surface area contributed by atoms with Gasteiger partial charge in [-0.1, -0.05) is 61.0 Å². The molecule has 9 heteroatoms. The lowest BCUT2D eigenvalue weighted by atomic mass is 9.70. The number of aromatic nitrogens is 1. The summed E-state index contributed by atoms with van der Waals surface area (Å²) < 4.78 is 0. The number of amides is 2. The summed E-state index contributed by atoms with van der Waals surface area (Å²) in [5, 5.41) is 16.9. The predicted molar refractivity (Wildman–Crippen MR) is 134 cm³/mol. The highest BCUT2D eigenvalue weighted by molar-refractivity contribution is 8.78. The maximum Gasteiger partial charge on any atom is 0.264 e. The Kier molecular flexibility index (Phi) is 3.86. The molecule has 3 N–H and O–H groups in total. The molecule has 4 saturated heterocycles. The van der Waals surface area contributed by atoms with E-state index in [-0.39, 0.29) is 17.7 Å². The molecule has 2 bridgehead atoms. The molecule has 174 valence electrons. The SMILES string of the molecule is CC(C)[C@]12SS[C@@]3(C(=O)N1C)[C@@H](O)[C@@]1(c4c[nH]c5ccccc45)c4ccccc4N[C@@H]1N3C2=O. The highest BCUT2D eigenvalue weighted by atomic mass is 33.1. The standard InChI is InChI=1S/C25H24N4O3S2/c1-13(2)24-22(32)29-20-23(15-9-5-7-11-18(15)27-20,16-12-26-17-10-6-4-8-14(16)17)19(30)25(29,34-33-24)21(31)28(24)3/h4-13,19-20,26-27,30H,1-3H3/t19-,20+,23-,24+,25+/m0/s1. The van der Waals surface area contributed by atoms with Gasteiger partial charge in [0.15, 0.2) is 4.87 Å². The van der Waals surface area contributed by atoms with Gasteiger partial charge < -0.3 is 20.3 Å². The van der Waals surface area contributed by atoms with E-state index in [0.29, 0.717) is 0 Å². The first-order valence-electron chi connectivity index (χ1n) is 11.4. The van der Waals surface area contributed by atoms with Crippen molar-refractivity contribution in [3.05, 3.63) is 65.9 Å². The van der Waals surface area contributed by atoms with E-state index in [2.05, 4.69) is 10.3 Å². The number of rotatable bonds is 2. The summed E-state index contributed by atoms with van der Waals surface area (Å²) in [6.45, 7) is 3.95. The number of aliphatic hydroxyl groups excluding tert-OH is 1. The van der Waals surface area contributed by atoms with E-state index in [1.165, 1.54) is 21.6 Å². The third-order valence-electron chi connectivity index (χ3n) is 8.26. The summed E-state index contributed by atoms with van der Waals surface area (Å²) in [7, 11) is 4.46. The van der Waals surface area contributed by atoms with E-state index in [9.17, 15) is 14.7 Å². The van der Waals surface area contributed by atoms with E-state index in [0.717, 1.165) is 27.7 Å². The number of benzene rings is 2. The zero-order valence-corrected chi connectivity index (χ0v) is 20.5. The quantitative estimate of drug-likeness (QED) is 0.476. The van der Waals surface area contributed by atoms with E-state index in [1.54, 1.807) is 16.8 Å². The number of carbonyl (C=O) groups is 2. The molecule has 5 atom stereocenters. The molecule has 0 radical (unpaired) electrons. The molecule has 8 rings (SSSR count). The number of nitrogens with one attached hydrogen (secondary N) is 2. The van der Waals surface area contributed by atoms with Gasteiger partial charge in [0, 0.05) is 29.8 Å². The largest absolute Gasteiger partial charge is 0.388 e. The van der Waals surface area contributed by atoms with Crippen molar-refractivity contribution in [2.24, 2.45) is 5.92 Å². The fourth-order valence-electron chi connectivity index (χ4n) is 6.69. The first-order valence-corrected chi connectivity index (χ1v) is 13.6. The van der Waals surface area contributed by atoms with Crippen LogP contribution in [-0.4, -0.2) is 60.8 Å². The number of anilines is 1. The number of hydrogen-bond donors (Lipinski definition) is 3. The van der Waals surface area contributed by atoms with Gasteiger partial charge in [0.2, 0.25) is 4.87 Å². The van der Waals surface area contributed by atoms with E-state index < -0.39 is 27.4 Å². The minimum atomic E-state index is -1.42. The fourth-order valence-corrected chi connectivity index (χ4v) is 10.9. The van der Waals surface area contributed by atoms with Crippen LogP contribution < -0.4 is 5.32 Å². The number of nitrogens with zero attached hydrogens (tertiary/aromatic N) is 2. The van der Waals surface area contributed by atoms with E-state index in [4.69, 9.17) is 0 Å². The Morgan fingerprint density at radius 3 is 2.53 bits per heavy atom. The Morgan fingerprint density at radius 2 is 1.74 bits per heavy atom. The second-order valence-electron chi connectivity index (χ2n) is 9.87. The van der Waals surface area contributed by atoms with Crippen LogP contribution in [0.2, 0.25) is 0 Å². The van der Waals surface area contributed by atoms with E-state index >= 15 is 0 Å². The molecule has 0 unspecified atom stereocenters. The summed E-state index contributed by atoms with van der Waals surface area (Å²) in [5.41, 5.74) is 2.59.